The average Bonchev–Trinajstić information content (AvgIpc) is 3.10. The van der Waals surface area contributed by atoms with Crippen LogP contribution in [-0.4, -0.2) is 33.5 Å². The average molecular weight is 356 g/mol. The second-order valence-corrected chi connectivity index (χ2v) is 6.58. The van der Waals surface area contributed by atoms with E-state index < -0.39 is 11.5 Å². The van der Waals surface area contributed by atoms with Crippen molar-refractivity contribution in [2.45, 2.75) is 13.1 Å². The fraction of sp³-hybridized carbons (Fsp3) is 0.176. The van der Waals surface area contributed by atoms with Crippen molar-refractivity contribution in [2.24, 2.45) is 5.73 Å². The first-order valence-corrected chi connectivity index (χ1v) is 8.41. The van der Waals surface area contributed by atoms with Crippen molar-refractivity contribution < 1.29 is 9.59 Å². The van der Waals surface area contributed by atoms with Crippen LogP contribution in [0.15, 0.2) is 46.6 Å². The van der Waals surface area contributed by atoms with Gasteiger partial charge < -0.3 is 10.6 Å². The Balaban J connectivity index is 1.93. The van der Waals surface area contributed by atoms with E-state index in [9.17, 15) is 14.4 Å². The monoisotopic (exact) mass is 356 g/mol. The summed E-state index contributed by atoms with van der Waals surface area (Å²) in [5.74, 6) is -1.03. The Morgan fingerprint density at radius 3 is 2.56 bits per heavy atom. The molecule has 0 spiro atoms. The van der Waals surface area contributed by atoms with E-state index in [4.69, 9.17) is 5.73 Å². The molecule has 0 fully saturated rings. The quantitative estimate of drug-likeness (QED) is 0.743. The number of thiophene rings is 1. The Morgan fingerprint density at radius 1 is 1.20 bits per heavy atom. The van der Waals surface area contributed by atoms with Gasteiger partial charge in [0.1, 0.15) is 6.54 Å². The van der Waals surface area contributed by atoms with Crippen LogP contribution in [0.2, 0.25) is 0 Å². The van der Waals surface area contributed by atoms with Crippen LogP contribution in [0, 0.1) is 0 Å². The molecule has 2 heterocycles. The number of hydrogen-bond acceptors (Lipinski definition) is 5. The molecule has 2 amide bonds. The van der Waals surface area contributed by atoms with E-state index in [2.05, 4.69) is 5.10 Å². The molecule has 2 N–H and O–H groups in total. The largest absolute Gasteiger partial charge is 0.364 e. The van der Waals surface area contributed by atoms with Gasteiger partial charge in [0.05, 0.1) is 11.9 Å². The lowest BCUT2D eigenvalue weighted by atomic mass is 10.1. The van der Waals surface area contributed by atoms with Crippen LogP contribution in [0.3, 0.4) is 0 Å². The highest BCUT2D eigenvalue weighted by atomic mass is 32.1. The van der Waals surface area contributed by atoms with Gasteiger partial charge in [0.15, 0.2) is 5.69 Å². The molecule has 0 atom stereocenters. The number of carbonyl (C=O) groups is 2. The molecule has 0 saturated heterocycles. The molecule has 0 aliphatic carbocycles. The number of likely N-dealkylation sites (N-methyl/N-ethyl adjacent to an activating group) is 1. The van der Waals surface area contributed by atoms with Crippen molar-refractivity contribution in [2.75, 3.05) is 7.05 Å². The lowest BCUT2D eigenvalue weighted by molar-refractivity contribution is -0.131. The van der Waals surface area contributed by atoms with Crippen molar-refractivity contribution in [3.05, 3.63) is 62.7 Å². The van der Waals surface area contributed by atoms with Crippen LogP contribution in [0.25, 0.3) is 10.8 Å². The Bertz CT molecular complexity index is 995. The number of hydrogen-bond donors (Lipinski definition) is 1. The fourth-order valence-electron chi connectivity index (χ4n) is 2.50. The van der Waals surface area contributed by atoms with Crippen LogP contribution < -0.4 is 11.3 Å². The van der Waals surface area contributed by atoms with Gasteiger partial charge in [-0.15, -0.1) is 11.3 Å². The van der Waals surface area contributed by atoms with Crippen molar-refractivity contribution in [3.8, 4) is 0 Å². The second-order valence-electron chi connectivity index (χ2n) is 5.55. The molecule has 0 radical (unpaired) electrons. The molecule has 7 nitrogen and oxygen atoms in total. The summed E-state index contributed by atoms with van der Waals surface area (Å²) in [5.41, 5.74) is 4.91. The summed E-state index contributed by atoms with van der Waals surface area (Å²) >= 11 is 1.55. The Morgan fingerprint density at radius 2 is 1.92 bits per heavy atom. The number of benzene rings is 1. The summed E-state index contributed by atoms with van der Waals surface area (Å²) in [6, 6.07) is 10.4. The van der Waals surface area contributed by atoms with E-state index in [1.165, 1.54) is 4.90 Å². The molecule has 2 aromatic heterocycles. The van der Waals surface area contributed by atoms with Gasteiger partial charge in [0.2, 0.25) is 5.91 Å². The molecule has 8 heteroatoms. The van der Waals surface area contributed by atoms with Crippen molar-refractivity contribution in [3.63, 3.8) is 0 Å². The number of rotatable bonds is 5. The summed E-state index contributed by atoms with van der Waals surface area (Å²) < 4.78 is 0.996. The van der Waals surface area contributed by atoms with E-state index >= 15 is 0 Å². The minimum Gasteiger partial charge on any atom is -0.364 e. The predicted octanol–water partition coefficient (Wildman–Crippen LogP) is 1.22. The maximum atomic E-state index is 12.6. The van der Waals surface area contributed by atoms with Crippen LogP contribution >= 0.6 is 11.3 Å². The second kappa shape index (κ2) is 6.86. The highest BCUT2D eigenvalue weighted by Gasteiger charge is 2.17. The number of primary amides is 1. The smallest absolute Gasteiger partial charge is 0.275 e. The van der Waals surface area contributed by atoms with Gasteiger partial charge in [-0.05, 0) is 17.5 Å². The summed E-state index contributed by atoms with van der Waals surface area (Å²) in [4.78, 5) is 39.2. The fourth-order valence-corrected chi connectivity index (χ4v) is 3.25. The minimum absolute atomic E-state index is 0.0242. The standard InChI is InChI=1S/C17H16N4O3S/c1-20(9-11-5-4-8-25-11)14(22)10-21-17(24)13-7-3-2-6-12(13)15(19-21)16(18)23/h2-8H,9-10H2,1H3,(H2,18,23). The minimum atomic E-state index is -0.746. The highest BCUT2D eigenvalue weighted by Crippen LogP contribution is 2.13. The summed E-state index contributed by atoms with van der Waals surface area (Å²) in [6.45, 7) is 0.188. The molecule has 128 valence electrons. The van der Waals surface area contributed by atoms with Gasteiger partial charge in [0, 0.05) is 17.3 Å². The third-order valence-electron chi connectivity index (χ3n) is 3.79. The zero-order chi connectivity index (χ0) is 18.0. The molecule has 0 saturated carbocycles. The zero-order valence-electron chi connectivity index (χ0n) is 13.5. The first-order valence-electron chi connectivity index (χ1n) is 7.53. The number of fused-ring (bicyclic) bond motifs is 1. The van der Waals surface area contributed by atoms with Gasteiger partial charge >= 0.3 is 0 Å². The Hall–Kier alpha value is -3.00. The van der Waals surface area contributed by atoms with Crippen molar-refractivity contribution >= 4 is 33.9 Å². The molecule has 25 heavy (non-hydrogen) atoms. The topological polar surface area (TPSA) is 98.3 Å². The van der Waals surface area contributed by atoms with Gasteiger partial charge in [0.25, 0.3) is 11.5 Å². The Kier molecular flexibility index (Phi) is 4.62. The molecular weight excluding hydrogens is 340 g/mol. The van der Waals surface area contributed by atoms with Crippen molar-refractivity contribution in [1.82, 2.24) is 14.7 Å². The lowest BCUT2D eigenvalue weighted by Gasteiger charge is -2.17. The number of aromatic nitrogens is 2. The molecule has 3 rings (SSSR count). The van der Waals surface area contributed by atoms with E-state index in [0.29, 0.717) is 17.3 Å². The SMILES string of the molecule is CN(Cc1cccs1)C(=O)Cn1nc(C(N)=O)c2ccccc2c1=O. The molecule has 0 unspecified atom stereocenters. The normalized spacial score (nSPS) is 10.8. The third kappa shape index (κ3) is 3.43. The summed E-state index contributed by atoms with van der Waals surface area (Å²) in [5, 5.41) is 6.63. The van der Waals surface area contributed by atoms with Crippen LogP contribution in [0.5, 0.6) is 0 Å². The van der Waals surface area contributed by atoms with Gasteiger partial charge in [-0.25, -0.2) is 4.68 Å². The van der Waals surface area contributed by atoms with E-state index in [1.807, 2.05) is 17.5 Å². The van der Waals surface area contributed by atoms with E-state index in [1.54, 1.807) is 42.6 Å². The number of amides is 2. The molecule has 3 aromatic rings. The Labute approximate surface area is 147 Å². The van der Waals surface area contributed by atoms with Crippen LogP contribution in [0.1, 0.15) is 15.4 Å². The van der Waals surface area contributed by atoms with Gasteiger partial charge in [-0.1, -0.05) is 24.3 Å². The summed E-state index contributed by atoms with van der Waals surface area (Å²) in [7, 11) is 1.66. The first-order chi connectivity index (χ1) is 12.0. The van der Waals surface area contributed by atoms with Gasteiger partial charge in [-0.3, -0.25) is 14.4 Å². The number of nitrogens with two attached hydrogens (primary N) is 1. The summed E-state index contributed by atoms with van der Waals surface area (Å²) in [6.07, 6.45) is 0. The number of nitrogens with zero attached hydrogens (tertiary/aromatic N) is 3. The molecule has 0 bridgehead atoms. The maximum Gasteiger partial charge on any atom is 0.275 e. The van der Waals surface area contributed by atoms with E-state index in [0.717, 1.165) is 9.56 Å². The lowest BCUT2D eigenvalue weighted by Crippen LogP contribution is -2.36. The predicted molar refractivity (Wildman–Crippen MR) is 95.3 cm³/mol. The molecule has 1 aromatic carbocycles. The molecule has 0 aliphatic heterocycles. The first kappa shape index (κ1) is 16.8. The number of carbonyl (C=O) groups excluding carboxylic acids is 2. The zero-order valence-corrected chi connectivity index (χ0v) is 14.3. The van der Waals surface area contributed by atoms with Crippen LogP contribution in [0.4, 0.5) is 0 Å². The molecular formula is C17H16N4O3S. The maximum absolute atomic E-state index is 12.6. The third-order valence-corrected chi connectivity index (χ3v) is 4.65. The van der Waals surface area contributed by atoms with Gasteiger partial charge in [-0.2, -0.15) is 5.10 Å². The van der Waals surface area contributed by atoms with E-state index in [-0.39, 0.29) is 18.1 Å². The van der Waals surface area contributed by atoms with Crippen LogP contribution in [-0.2, 0) is 17.9 Å². The van der Waals surface area contributed by atoms with Crippen molar-refractivity contribution in [1.29, 1.82) is 0 Å². The highest BCUT2D eigenvalue weighted by molar-refractivity contribution is 7.09. The molecule has 0 aliphatic rings.